The van der Waals surface area contributed by atoms with E-state index in [2.05, 4.69) is 10.3 Å². The highest BCUT2D eigenvalue weighted by Crippen LogP contribution is 2.27. The standard InChI is InChI=1S/C15H15BN2O3/c1-20-12-5-3-10(7-13(12)21-2)8-18-15(19)11-4-6-14(16)17-9-11/h3-7,9H,8H2,1-2H3,(H,18,19). The minimum absolute atomic E-state index is 0.211. The normalized spacial score (nSPS) is 10.0. The number of methoxy groups -OCH3 is 2. The van der Waals surface area contributed by atoms with Crippen molar-refractivity contribution in [2.75, 3.05) is 14.2 Å². The number of hydrogen-bond donors (Lipinski definition) is 1. The van der Waals surface area contributed by atoms with Crippen LogP contribution in [0.5, 0.6) is 11.5 Å². The van der Waals surface area contributed by atoms with E-state index < -0.39 is 0 Å². The van der Waals surface area contributed by atoms with Gasteiger partial charge in [0.15, 0.2) is 11.5 Å². The van der Waals surface area contributed by atoms with E-state index in [1.807, 2.05) is 12.1 Å². The van der Waals surface area contributed by atoms with Crippen LogP contribution in [0.25, 0.3) is 0 Å². The van der Waals surface area contributed by atoms with E-state index in [0.29, 0.717) is 29.2 Å². The van der Waals surface area contributed by atoms with E-state index in [1.54, 1.807) is 32.4 Å². The Morgan fingerprint density at radius 3 is 2.57 bits per heavy atom. The smallest absolute Gasteiger partial charge is 0.253 e. The molecular weight excluding hydrogens is 267 g/mol. The average molecular weight is 282 g/mol. The van der Waals surface area contributed by atoms with Gasteiger partial charge in [0.1, 0.15) is 7.85 Å². The summed E-state index contributed by atoms with van der Waals surface area (Å²) in [6.45, 7) is 0.379. The van der Waals surface area contributed by atoms with Crippen LogP contribution in [0.3, 0.4) is 0 Å². The molecule has 0 aliphatic carbocycles. The summed E-state index contributed by atoms with van der Waals surface area (Å²) in [4.78, 5) is 15.8. The highest BCUT2D eigenvalue weighted by molar-refractivity contribution is 6.30. The minimum atomic E-state index is -0.211. The first kappa shape index (κ1) is 14.9. The Balaban J connectivity index is 2.02. The lowest BCUT2D eigenvalue weighted by atomic mass is 10.0. The molecule has 5 nitrogen and oxygen atoms in total. The monoisotopic (exact) mass is 282 g/mol. The zero-order valence-electron chi connectivity index (χ0n) is 11.9. The number of pyridine rings is 1. The van der Waals surface area contributed by atoms with Crippen LogP contribution in [-0.4, -0.2) is 33.0 Å². The Kier molecular flexibility index (Phi) is 4.82. The lowest BCUT2D eigenvalue weighted by molar-refractivity contribution is 0.0950. The molecule has 2 aromatic rings. The van der Waals surface area contributed by atoms with Crippen LogP contribution in [-0.2, 0) is 6.54 Å². The van der Waals surface area contributed by atoms with Crippen molar-refractivity contribution in [3.05, 3.63) is 47.7 Å². The van der Waals surface area contributed by atoms with Gasteiger partial charge in [0.2, 0.25) is 0 Å². The van der Waals surface area contributed by atoms with Gasteiger partial charge in [-0.2, -0.15) is 0 Å². The largest absolute Gasteiger partial charge is 0.493 e. The molecule has 1 aromatic carbocycles. The molecule has 0 bridgehead atoms. The maximum absolute atomic E-state index is 12.0. The van der Waals surface area contributed by atoms with Gasteiger partial charge in [-0.25, -0.2) is 0 Å². The fraction of sp³-hybridized carbons (Fsp3) is 0.200. The molecule has 0 spiro atoms. The number of nitrogens with zero attached hydrogens (tertiary/aromatic N) is 1. The van der Waals surface area contributed by atoms with Crippen LogP contribution in [0, 0.1) is 0 Å². The number of carbonyl (C=O) groups excluding carboxylic acids is 1. The first-order chi connectivity index (χ1) is 10.1. The zero-order valence-corrected chi connectivity index (χ0v) is 11.9. The Morgan fingerprint density at radius 1 is 1.19 bits per heavy atom. The summed E-state index contributed by atoms with van der Waals surface area (Å²) in [5, 5.41) is 2.81. The Morgan fingerprint density at radius 2 is 1.95 bits per heavy atom. The fourth-order valence-corrected chi connectivity index (χ4v) is 1.81. The van der Waals surface area contributed by atoms with E-state index in [9.17, 15) is 4.79 Å². The van der Waals surface area contributed by atoms with Gasteiger partial charge in [0.25, 0.3) is 5.91 Å². The summed E-state index contributed by atoms with van der Waals surface area (Å²) in [6, 6.07) is 8.70. The molecule has 0 fully saturated rings. The van der Waals surface area contributed by atoms with Crippen LogP contribution < -0.4 is 20.4 Å². The first-order valence-corrected chi connectivity index (χ1v) is 6.34. The summed E-state index contributed by atoms with van der Waals surface area (Å²) >= 11 is 0. The second kappa shape index (κ2) is 6.79. The van der Waals surface area contributed by atoms with Gasteiger partial charge in [0.05, 0.1) is 19.8 Å². The van der Waals surface area contributed by atoms with Crippen LogP contribution in [0.1, 0.15) is 15.9 Å². The first-order valence-electron chi connectivity index (χ1n) is 6.34. The summed E-state index contributed by atoms with van der Waals surface area (Å²) in [5.41, 5.74) is 1.75. The van der Waals surface area contributed by atoms with Crippen molar-refractivity contribution in [3.63, 3.8) is 0 Å². The SMILES string of the molecule is [B]c1ccc(C(=O)NCc2ccc(OC)c(OC)c2)cn1. The van der Waals surface area contributed by atoms with Gasteiger partial charge in [-0.1, -0.05) is 12.1 Å². The van der Waals surface area contributed by atoms with Gasteiger partial charge in [-0.15, -0.1) is 0 Å². The van der Waals surface area contributed by atoms with Gasteiger partial charge in [0, 0.05) is 12.7 Å². The number of benzene rings is 1. The number of carbonyl (C=O) groups is 1. The zero-order chi connectivity index (χ0) is 15.2. The molecule has 1 N–H and O–H groups in total. The van der Waals surface area contributed by atoms with Crippen molar-refractivity contribution in [1.82, 2.24) is 10.3 Å². The van der Waals surface area contributed by atoms with Crippen molar-refractivity contribution in [1.29, 1.82) is 0 Å². The van der Waals surface area contributed by atoms with E-state index >= 15 is 0 Å². The molecule has 0 atom stereocenters. The number of rotatable bonds is 5. The molecule has 2 radical (unpaired) electrons. The van der Waals surface area contributed by atoms with Crippen molar-refractivity contribution in [3.8, 4) is 11.5 Å². The van der Waals surface area contributed by atoms with E-state index in [0.717, 1.165) is 5.56 Å². The topological polar surface area (TPSA) is 60.5 Å². The van der Waals surface area contributed by atoms with Crippen LogP contribution in [0.15, 0.2) is 36.5 Å². The number of hydrogen-bond acceptors (Lipinski definition) is 4. The third-order valence-electron chi connectivity index (χ3n) is 2.95. The molecule has 0 saturated heterocycles. The summed E-state index contributed by atoms with van der Waals surface area (Å²) in [7, 11) is 8.63. The molecule has 106 valence electrons. The Hall–Kier alpha value is -2.50. The van der Waals surface area contributed by atoms with Crippen LogP contribution in [0.4, 0.5) is 0 Å². The molecule has 1 heterocycles. The molecule has 2 rings (SSSR count). The second-order valence-electron chi connectivity index (χ2n) is 4.34. The molecule has 0 unspecified atom stereocenters. The quantitative estimate of drug-likeness (QED) is 0.825. The van der Waals surface area contributed by atoms with Crippen LogP contribution >= 0.6 is 0 Å². The second-order valence-corrected chi connectivity index (χ2v) is 4.34. The third kappa shape index (κ3) is 3.75. The number of amides is 1. The summed E-state index contributed by atoms with van der Waals surface area (Å²) in [6.07, 6.45) is 1.44. The maximum Gasteiger partial charge on any atom is 0.253 e. The Bertz CT molecular complexity index is 629. The minimum Gasteiger partial charge on any atom is -0.493 e. The Labute approximate surface area is 124 Å². The van der Waals surface area contributed by atoms with Crippen molar-refractivity contribution in [2.24, 2.45) is 0 Å². The third-order valence-corrected chi connectivity index (χ3v) is 2.95. The van der Waals surface area contributed by atoms with Crippen molar-refractivity contribution < 1.29 is 14.3 Å². The van der Waals surface area contributed by atoms with E-state index in [1.165, 1.54) is 6.20 Å². The van der Waals surface area contributed by atoms with Gasteiger partial charge < -0.3 is 14.8 Å². The van der Waals surface area contributed by atoms with Gasteiger partial charge in [-0.05, 0) is 29.4 Å². The highest BCUT2D eigenvalue weighted by atomic mass is 16.5. The molecule has 0 aliphatic rings. The van der Waals surface area contributed by atoms with Crippen molar-refractivity contribution >= 4 is 19.3 Å². The molecule has 1 amide bonds. The number of aromatic nitrogens is 1. The lowest BCUT2D eigenvalue weighted by Crippen LogP contribution is -2.23. The van der Waals surface area contributed by atoms with Gasteiger partial charge in [-0.3, -0.25) is 9.78 Å². The van der Waals surface area contributed by atoms with E-state index in [4.69, 9.17) is 17.3 Å². The molecule has 21 heavy (non-hydrogen) atoms. The average Bonchev–Trinajstić information content (AvgIpc) is 2.52. The number of ether oxygens (including phenoxy) is 2. The lowest BCUT2D eigenvalue weighted by Gasteiger charge is -2.10. The molecule has 6 heteroatoms. The molecule has 0 saturated carbocycles. The van der Waals surface area contributed by atoms with Crippen molar-refractivity contribution in [2.45, 2.75) is 6.54 Å². The molecule has 1 aromatic heterocycles. The highest BCUT2D eigenvalue weighted by Gasteiger charge is 2.08. The number of nitrogens with one attached hydrogen (secondary N) is 1. The summed E-state index contributed by atoms with van der Waals surface area (Å²) in [5.74, 6) is 1.06. The molecular formula is C15H15BN2O3. The fourth-order valence-electron chi connectivity index (χ4n) is 1.81. The summed E-state index contributed by atoms with van der Waals surface area (Å²) < 4.78 is 10.4. The van der Waals surface area contributed by atoms with Crippen LogP contribution in [0.2, 0.25) is 0 Å². The van der Waals surface area contributed by atoms with Gasteiger partial charge >= 0.3 is 0 Å². The predicted octanol–water partition coefficient (Wildman–Crippen LogP) is 0.823. The molecule has 0 aliphatic heterocycles. The maximum atomic E-state index is 12.0. The predicted molar refractivity (Wildman–Crippen MR) is 80.3 cm³/mol. The van der Waals surface area contributed by atoms with E-state index in [-0.39, 0.29) is 5.91 Å².